The van der Waals surface area contributed by atoms with Gasteiger partial charge in [-0.25, -0.2) is 4.39 Å². The van der Waals surface area contributed by atoms with Gasteiger partial charge in [0.1, 0.15) is 10.8 Å². The maximum Gasteiger partial charge on any atom is 0.288 e. The number of hydrogen-bond acceptors (Lipinski definition) is 4. The van der Waals surface area contributed by atoms with E-state index in [4.69, 9.17) is 11.6 Å². The zero-order valence-corrected chi connectivity index (χ0v) is 15.9. The number of benzene rings is 2. The van der Waals surface area contributed by atoms with Crippen LogP contribution in [0.15, 0.2) is 53.7 Å². The van der Waals surface area contributed by atoms with Crippen molar-refractivity contribution in [2.24, 2.45) is 0 Å². The van der Waals surface area contributed by atoms with Crippen LogP contribution in [-0.2, 0) is 9.59 Å². The lowest BCUT2D eigenvalue weighted by Gasteiger charge is -2.34. The average molecular weight is 415 g/mol. The van der Waals surface area contributed by atoms with Crippen molar-refractivity contribution in [2.75, 3.05) is 0 Å². The van der Waals surface area contributed by atoms with Gasteiger partial charge in [0, 0.05) is 36.1 Å². The lowest BCUT2D eigenvalue weighted by Crippen LogP contribution is -2.38. The molecule has 1 N–H and O–H groups in total. The van der Waals surface area contributed by atoms with Crippen molar-refractivity contribution in [3.05, 3.63) is 85.8 Å². The summed E-state index contributed by atoms with van der Waals surface area (Å²) in [5, 5.41) is 14.0. The summed E-state index contributed by atoms with van der Waals surface area (Å²) in [6.45, 7) is 0. The van der Waals surface area contributed by atoms with Gasteiger partial charge in [-0.05, 0) is 41.7 Å². The highest BCUT2D eigenvalue weighted by Gasteiger charge is 2.38. The molecule has 2 unspecified atom stereocenters. The summed E-state index contributed by atoms with van der Waals surface area (Å²) in [6, 6.07) is 10.3. The van der Waals surface area contributed by atoms with Gasteiger partial charge in [0.25, 0.3) is 5.69 Å². The van der Waals surface area contributed by atoms with Crippen LogP contribution in [0.4, 0.5) is 10.1 Å². The highest BCUT2D eigenvalue weighted by Crippen LogP contribution is 2.43. The number of carbonyl (C=O) groups is 2. The Labute approximate surface area is 170 Å². The van der Waals surface area contributed by atoms with E-state index in [9.17, 15) is 24.1 Å². The first-order valence-electron chi connectivity index (χ1n) is 9.09. The van der Waals surface area contributed by atoms with Gasteiger partial charge >= 0.3 is 0 Å². The van der Waals surface area contributed by atoms with Gasteiger partial charge in [-0.15, -0.1) is 0 Å². The molecule has 2 aromatic carbocycles. The Balaban J connectivity index is 1.73. The summed E-state index contributed by atoms with van der Waals surface area (Å²) in [7, 11) is 0. The molecule has 148 valence electrons. The van der Waals surface area contributed by atoms with Crippen molar-refractivity contribution in [3.8, 4) is 0 Å². The van der Waals surface area contributed by atoms with Crippen molar-refractivity contribution in [2.45, 2.75) is 31.1 Å². The third-order valence-electron chi connectivity index (χ3n) is 5.45. The molecule has 0 spiro atoms. The summed E-state index contributed by atoms with van der Waals surface area (Å²) in [6.07, 6.45) is 0.696. The van der Waals surface area contributed by atoms with E-state index in [1.807, 2.05) is 0 Å². The van der Waals surface area contributed by atoms with Crippen LogP contribution in [0.3, 0.4) is 0 Å². The number of rotatable bonds is 3. The summed E-state index contributed by atoms with van der Waals surface area (Å²) in [5.74, 6) is -1.45. The highest BCUT2D eigenvalue weighted by atomic mass is 35.5. The molecule has 1 heterocycles. The van der Waals surface area contributed by atoms with Gasteiger partial charge in [-0.1, -0.05) is 29.8 Å². The van der Waals surface area contributed by atoms with Gasteiger partial charge in [0.15, 0.2) is 5.78 Å². The number of Topliss-reactive ketones (excluding diaryl/α,β-unsaturated/α-hetero) is 1. The second kappa shape index (κ2) is 7.40. The molecule has 4 rings (SSSR count). The van der Waals surface area contributed by atoms with Crippen LogP contribution in [0, 0.1) is 15.9 Å². The van der Waals surface area contributed by atoms with E-state index in [1.165, 1.54) is 24.3 Å². The van der Waals surface area contributed by atoms with E-state index < -0.39 is 10.8 Å². The summed E-state index contributed by atoms with van der Waals surface area (Å²) in [5.41, 5.74) is 2.10. The van der Waals surface area contributed by atoms with Crippen molar-refractivity contribution < 1.29 is 18.9 Å². The van der Waals surface area contributed by atoms with Gasteiger partial charge in [-0.3, -0.25) is 19.7 Å². The Morgan fingerprint density at radius 2 is 1.72 bits per heavy atom. The monoisotopic (exact) mass is 414 g/mol. The van der Waals surface area contributed by atoms with E-state index in [0.717, 1.165) is 5.56 Å². The van der Waals surface area contributed by atoms with E-state index in [-0.39, 0.29) is 47.0 Å². The Kier molecular flexibility index (Phi) is 4.92. The third kappa shape index (κ3) is 3.65. The molecule has 0 saturated heterocycles. The average Bonchev–Trinajstić information content (AvgIpc) is 2.67. The Hall–Kier alpha value is -3.06. The standard InChI is InChI=1S/C21H16ClFN2O4/c22-16-6-3-12(8-18(16)25(28)29)15-10-20(27)24-17-7-13(9-19(26)21(15)17)11-1-4-14(23)5-2-11/h1-6,8,13,15H,7,9-10H2,(H,24,27). The van der Waals surface area contributed by atoms with Crippen LogP contribution in [0.25, 0.3) is 0 Å². The van der Waals surface area contributed by atoms with Crippen LogP contribution in [0.2, 0.25) is 5.02 Å². The largest absolute Gasteiger partial charge is 0.329 e. The first kappa shape index (κ1) is 19.3. The zero-order chi connectivity index (χ0) is 20.7. The lowest BCUT2D eigenvalue weighted by molar-refractivity contribution is -0.384. The number of carbonyl (C=O) groups excluding carboxylic acids is 2. The first-order valence-corrected chi connectivity index (χ1v) is 9.46. The fraction of sp³-hybridized carbons (Fsp3) is 0.238. The summed E-state index contributed by atoms with van der Waals surface area (Å²) < 4.78 is 13.2. The van der Waals surface area contributed by atoms with E-state index in [0.29, 0.717) is 23.3 Å². The second-order valence-corrected chi connectivity index (χ2v) is 7.65. The van der Waals surface area contributed by atoms with Crippen molar-refractivity contribution in [3.63, 3.8) is 0 Å². The van der Waals surface area contributed by atoms with Crippen LogP contribution < -0.4 is 5.32 Å². The Morgan fingerprint density at radius 3 is 2.41 bits per heavy atom. The number of nitro benzene ring substituents is 1. The molecular weight excluding hydrogens is 399 g/mol. The molecule has 2 aromatic rings. The molecule has 0 fully saturated rings. The van der Waals surface area contributed by atoms with Crippen LogP contribution in [0.5, 0.6) is 0 Å². The molecule has 0 bridgehead atoms. The van der Waals surface area contributed by atoms with Crippen molar-refractivity contribution >= 4 is 29.0 Å². The molecule has 2 aliphatic rings. The molecule has 8 heteroatoms. The fourth-order valence-electron chi connectivity index (χ4n) is 4.10. The molecule has 2 atom stereocenters. The summed E-state index contributed by atoms with van der Waals surface area (Å²) >= 11 is 5.90. The molecule has 0 aromatic heterocycles. The molecule has 6 nitrogen and oxygen atoms in total. The number of nitrogens with one attached hydrogen (secondary N) is 1. The minimum Gasteiger partial charge on any atom is -0.329 e. The molecular formula is C21H16ClFN2O4. The maximum atomic E-state index is 13.2. The van der Waals surface area contributed by atoms with Gasteiger partial charge in [0.05, 0.1) is 4.92 Å². The molecule has 1 amide bonds. The van der Waals surface area contributed by atoms with Crippen LogP contribution in [-0.4, -0.2) is 16.6 Å². The third-order valence-corrected chi connectivity index (χ3v) is 5.77. The smallest absolute Gasteiger partial charge is 0.288 e. The van der Waals surface area contributed by atoms with Gasteiger partial charge < -0.3 is 5.32 Å². The quantitative estimate of drug-likeness (QED) is 0.595. The SMILES string of the molecule is O=C1CC(c2ccc(Cl)c([N+](=O)[O-])c2)C2=C(CC(c3ccc(F)cc3)CC2=O)N1. The minimum absolute atomic E-state index is 0.000409. The van der Waals surface area contributed by atoms with E-state index >= 15 is 0 Å². The van der Waals surface area contributed by atoms with Crippen molar-refractivity contribution in [1.29, 1.82) is 0 Å². The predicted molar refractivity (Wildman–Crippen MR) is 104 cm³/mol. The number of hydrogen-bond donors (Lipinski definition) is 1. The molecule has 0 radical (unpaired) electrons. The second-order valence-electron chi connectivity index (χ2n) is 7.24. The summed E-state index contributed by atoms with van der Waals surface area (Å²) in [4.78, 5) is 36.0. The number of halogens is 2. The zero-order valence-electron chi connectivity index (χ0n) is 15.2. The molecule has 0 saturated carbocycles. The van der Waals surface area contributed by atoms with Crippen LogP contribution in [0.1, 0.15) is 42.2 Å². The molecule has 29 heavy (non-hydrogen) atoms. The topological polar surface area (TPSA) is 89.3 Å². The van der Waals surface area contributed by atoms with E-state index in [1.54, 1.807) is 18.2 Å². The number of nitro groups is 1. The Bertz CT molecular complexity index is 1060. The van der Waals surface area contributed by atoms with Gasteiger partial charge in [0.2, 0.25) is 5.91 Å². The lowest BCUT2D eigenvalue weighted by atomic mass is 9.73. The fourth-order valence-corrected chi connectivity index (χ4v) is 4.29. The van der Waals surface area contributed by atoms with E-state index in [2.05, 4.69) is 5.32 Å². The number of amides is 1. The maximum absolute atomic E-state index is 13.2. The highest BCUT2D eigenvalue weighted by molar-refractivity contribution is 6.32. The van der Waals surface area contributed by atoms with Crippen LogP contribution >= 0.6 is 11.6 Å². The number of allylic oxidation sites excluding steroid dienone is 2. The molecule has 1 aliphatic carbocycles. The first-order chi connectivity index (χ1) is 13.8. The normalized spacial score (nSPS) is 21.6. The predicted octanol–water partition coefficient (Wildman–Crippen LogP) is 4.39. The van der Waals surface area contributed by atoms with Crippen molar-refractivity contribution in [1.82, 2.24) is 5.32 Å². The minimum atomic E-state index is -0.586. The molecule has 1 aliphatic heterocycles. The number of ketones is 1. The number of nitrogens with zero attached hydrogens (tertiary/aromatic N) is 1. The Morgan fingerprint density at radius 1 is 1.03 bits per heavy atom. The van der Waals surface area contributed by atoms with Gasteiger partial charge in [-0.2, -0.15) is 0 Å².